The normalized spacial score (nSPS) is 10.4. The van der Waals surface area contributed by atoms with E-state index in [2.05, 4.69) is 26.1 Å². The highest BCUT2D eigenvalue weighted by Gasteiger charge is 2.05. The van der Waals surface area contributed by atoms with E-state index in [1.807, 2.05) is 0 Å². The Morgan fingerprint density at radius 2 is 2.25 bits per heavy atom. The molecular weight excluding hydrogens is 279 g/mol. The Balaban J connectivity index is 2.04. The van der Waals surface area contributed by atoms with E-state index in [-0.39, 0.29) is 12.4 Å². The maximum Gasteiger partial charge on any atom is 0.264 e. The smallest absolute Gasteiger partial charge is 0.264 e. The summed E-state index contributed by atoms with van der Waals surface area (Å²) in [4.78, 5) is 3.96. The third kappa shape index (κ3) is 2.79. The predicted molar refractivity (Wildman–Crippen MR) is 57.5 cm³/mol. The highest BCUT2D eigenvalue weighted by atomic mass is 79.9. The van der Waals surface area contributed by atoms with Crippen molar-refractivity contribution in [2.45, 2.75) is 13.5 Å². The van der Waals surface area contributed by atoms with E-state index in [0.717, 1.165) is 0 Å². The van der Waals surface area contributed by atoms with Gasteiger partial charge in [-0.15, -0.1) is 0 Å². The van der Waals surface area contributed by atoms with Crippen molar-refractivity contribution < 1.29 is 13.7 Å². The van der Waals surface area contributed by atoms with Crippen LogP contribution in [0.25, 0.3) is 0 Å². The zero-order valence-electron chi connectivity index (χ0n) is 8.41. The van der Waals surface area contributed by atoms with E-state index < -0.39 is 0 Å². The average Bonchev–Trinajstić information content (AvgIpc) is 2.60. The van der Waals surface area contributed by atoms with Gasteiger partial charge in [0.1, 0.15) is 11.6 Å². The van der Waals surface area contributed by atoms with Gasteiger partial charge in [0.25, 0.3) is 5.89 Å². The molecule has 84 valence electrons. The van der Waals surface area contributed by atoms with E-state index in [1.54, 1.807) is 13.0 Å². The lowest BCUT2D eigenvalue weighted by Crippen LogP contribution is -1.96. The van der Waals surface area contributed by atoms with Crippen LogP contribution in [0.15, 0.2) is 27.2 Å². The van der Waals surface area contributed by atoms with E-state index in [0.29, 0.717) is 21.9 Å². The second-order valence-electron chi connectivity index (χ2n) is 3.13. The second kappa shape index (κ2) is 4.61. The SMILES string of the molecule is Cc1noc(COc2cc(F)cc(Br)c2)n1. The summed E-state index contributed by atoms with van der Waals surface area (Å²) in [6.45, 7) is 1.84. The number of hydrogen-bond acceptors (Lipinski definition) is 4. The molecule has 1 heterocycles. The summed E-state index contributed by atoms with van der Waals surface area (Å²) in [6.07, 6.45) is 0. The maximum atomic E-state index is 13.0. The van der Waals surface area contributed by atoms with Crippen molar-refractivity contribution in [1.29, 1.82) is 0 Å². The lowest BCUT2D eigenvalue weighted by molar-refractivity contribution is 0.241. The molecule has 2 rings (SSSR count). The van der Waals surface area contributed by atoms with E-state index in [4.69, 9.17) is 9.26 Å². The number of halogens is 2. The van der Waals surface area contributed by atoms with E-state index >= 15 is 0 Å². The molecule has 1 aromatic carbocycles. The summed E-state index contributed by atoms with van der Waals surface area (Å²) >= 11 is 3.17. The minimum atomic E-state index is -0.369. The van der Waals surface area contributed by atoms with Crippen molar-refractivity contribution >= 4 is 15.9 Å². The van der Waals surface area contributed by atoms with Gasteiger partial charge < -0.3 is 9.26 Å². The number of rotatable bonds is 3. The van der Waals surface area contributed by atoms with Crippen molar-refractivity contribution in [3.05, 3.63) is 40.2 Å². The Morgan fingerprint density at radius 3 is 2.88 bits per heavy atom. The zero-order chi connectivity index (χ0) is 11.5. The highest BCUT2D eigenvalue weighted by Crippen LogP contribution is 2.21. The summed E-state index contributed by atoms with van der Waals surface area (Å²) in [7, 11) is 0. The van der Waals surface area contributed by atoms with Gasteiger partial charge >= 0.3 is 0 Å². The second-order valence-corrected chi connectivity index (χ2v) is 4.04. The van der Waals surface area contributed by atoms with Crippen LogP contribution in [0.2, 0.25) is 0 Å². The molecule has 1 aromatic heterocycles. The number of aromatic nitrogens is 2. The first-order valence-corrected chi connectivity index (χ1v) is 5.31. The van der Waals surface area contributed by atoms with E-state index in [9.17, 15) is 4.39 Å². The fourth-order valence-electron chi connectivity index (χ4n) is 1.16. The average molecular weight is 287 g/mol. The number of benzene rings is 1. The van der Waals surface area contributed by atoms with Gasteiger partial charge in [-0.1, -0.05) is 21.1 Å². The Bertz CT molecular complexity index is 481. The van der Waals surface area contributed by atoms with Crippen molar-refractivity contribution in [2.24, 2.45) is 0 Å². The maximum absolute atomic E-state index is 13.0. The quantitative estimate of drug-likeness (QED) is 0.871. The number of nitrogens with zero attached hydrogens (tertiary/aromatic N) is 2. The first-order valence-electron chi connectivity index (χ1n) is 4.51. The van der Waals surface area contributed by atoms with Crippen LogP contribution in [0.5, 0.6) is 5.75 Å². The summed E-state index contributed by atoms with van der Waals surface area (Å²) in [5.74, 6) is 0.936. The number of aryl methyl sites for hydroxylation is 1. The van der Waals surface area contributed by atoms with Crippen LogP contribution in [-0.4, -0.2) is 10.1 Å². The van der Waals surface area contributed by atoms with Crippen LogP contribution in [0.4, 0.5) is 4.39 Å². The molecule has 0 saturated carbocycles. The summed E-state index contributed by atoms with van der Waals surface area (Å²) < 4.78 is 23.8. The van der Waals surface area contributed by atoms with Crippen molar-refractivity contribution in [3.8, 4) is 5.75 Å². The summed E-state index contributed by atoms with van der Waals surface area (Å²) in [5.41, 5.74) is 0. The minimum absolute atomic E-state index is 0.122. The fourth-order valence-corrected chi connectivity index (χ4v) is 1.60. The zero-order valence-corrected chi connectivity index (χ0v) is 9.99. The molecule has 0 amide bonds. The third-order valence-electron chi connectivity index (χ3n) is 1.77. The largest absolute Gasteiger partial charge is 0.484 e. The lowest BCUT2D eigenvalue weighted by Gasteiger charge is -2.03. The fraction of sp³-hybridized carbons (Fsp3) is 0.200. The van der Waals surface area contributed by atoms with Crippen LogP contribution in [-0.2, 0) is 6.61 Å². The Hall–Kier alpha value is -1.43. The van der Waals surface area contributed by atoms with Gasteiger partial charge in [-0.3, -0.25) is 0 Å². The Morgan fingerprint density at radius 1 is 1.44 bits per heavy atom. The molecule has 0 saturated heterocycles. The molecule has 2 aromatic rings. The molecule has 6 heteroatoms. The van der Waals surface area contributed by atoms with Gasteiger partial charge in [0.2, 0.25) is 0 Å². The van der Waals surface area contributed by atoms with Crippen LogP contribution in [0, 0.1) is 12.7 Å². The number of ether oxygens (including phenoxy) is 1. The van der Waals surface area contributed by atoms with Gasteiger partial charge in [-0.05, 0) is 19.1 Å². The third-order valence-corrected chi connectivity index (χ3v) is 2.23. The van der Waals surface area contributed by atoms with E-state index in [1.165, 1.54) is 12.1 Å². The van der Waals surface area contributed by atoms with Crippen LogP contribution >= 0.6 is 15.9 Å². The molecule has 0 aliphatic rings. The molecule has 0 fully saturated rings. The van der Waals surface area contributed by atoms with Crippen LogP contribution in [0.3, 0.4) is 0 Å². The van der Waals surface area contributed by atoms with Gasteiger partial charge in [0.15, 0.2) is 12.4 Å². The Labute approximate surface area is 99.5 Å². The monoisotopic (exact) mass is 286 g/mol. The van der Waals surface area contributed by atoms with Crippen LogP contribution in [0.1, 0.15) is 11.7 Å². The summed E-state index contributed by atoms with van der Waals surface area (Å²) in [5, 5.41) is 3.61. The first-order chi connectivity index (χ1) is 7.63. The summed E-state index contributed by atoms with van der Waals surface area (Å²) in [6, 6.07) is 4.30. The predicted octanol–water partition coefficient (Wildman–Crippen LogP) is 2.86. The highest BCUT2D eigenvalue weighted by molar-refractivity contribution is 9.10. The van der Waals surface area contributed by atoms with Crippen molar-refractivity contribution in [2.75, 3.05) is 0 Å². The first kappa shape index (κ1) is 11.1. The topological polar surface area (TPSA) is 48.2 Å². The lowest BCUT2D eigenvalue weighted by atomic mass is 10.3. The van der Waals surface area contributed by atoms with Crippen molar-refractivity contribution in [3.63, 3.8) is 0 Å². The molecule has 0 unspecified atom stereocenters. The molecule has 0 spiro atoms. The molecule has 4 nitrogen and oxygen atoms in total. The molecule has 0 atom stereocenters. The molecule has 16 heavy (non-hydrogen) atoms. The molecule has 0 aliphatic carbocycles. The standard InChI is InChI=1S/C10H8BrFN2O2/c1-6-13-10(16-14-6)5-15-9-3-7(11)2-8(12)4-9/h2-4H,5H2,1H3. The molecule has 0 aliphatic heterocycles. The van der Waals surface area contributed by atoms with Gasteiger partial charge in [-0.2, -0.15) is 4.98 Å². The molecule has 0 bridgehead atoms. The van der Waals surface area contributed by atoms with Crippen molar-refractivity contribution in [1.82, 2.24) is 10.1 Å². The molecular formula is C10H8BrFN2O2. The van der Waals surface area contributed by atoms with Crippen LogP contribution < -0.4 is 4.74 Å². The number of hydrogen-bond donors (Lipinski definition) is 0. The molecule has 0 N–H and O–H groups in total. The van der Waals surface area contributed by atoms with Gasteiger partial charge in [0, 0.05) is 10.5 Å². The van der Waals surface area contributed by atoms with Gasteiger partial charge in [0.05, 0.1) is 0 Å². The Kier molecular flexibility index (Phi) is 3.19. The van der Waals surface area contributed by atoms with Gasteiger partial charge in [-0.25, -0.2) is 4.39 Å². The minimum Gasteiger partial charge on any atom is -0.484 e. The molecule has 0 radical (unpaired) electrons.